The van der Waals surface area contributed by atoms with Gasteiger partial charge in [-0.25, -0.2) is 0 Å². The highest BCUT2D eigenvalue weighted by Crippen LogP contribution is 2.29. The summed E-state index contributed by atoms with van der Waals surface area (Å²) in [5, 5.41) is 25.2. The van der Waals surface area contributed by atoms with E-state index in [2.05, 4.69) is 14.9 Å². The Morgan fingerprint density at radius 1 is 1.45 bits per heavy atom. The molecule has 20 heavy (non-hydrogen) atoms. The van der Waals surface area contributed by atoms with E-state index in [0.717, 1.165) is 0 Å². The van der Waals surface area contributed by atoms with Gasteiger partial charge in [-0.3, -0.25) is 13.9 Å². The number of carboxylic acids is 1. The molecule has 8 N–H and O–H groups in total. The molecule has 0 aliphatic carbocycles. The van der Waals surface area contributed by atoms with E-state index in [4.69, 9.17) is 15.3 Å². The third-order valence-electron chi connectivity index (χ3n) is 2.15. The van der Waals surface area contributed by atoms with Gasteiger partial charge in [-0.1, -0.05) is 11.0 Å². The fourth-order valence-electron chi connectivity index (χ4n) is 1.18. The van der Waals surface area contributed by atoms with Crippen molar-refractivity contribution in [2.75, 3.05) is 0 Å². The first-order valence-electron chi connectivity index (χ1n) is 5.47. The molecule has 2 atom stereocenters. The van der Waals surface area contributed by atoms with Crippen LogP contribution in [0.4, 0.5) is 0 Å². The van der Waals surface area contributed by atoms with Gasteiger partial charge in [0, 0.05) is 0 Å². The predicted octanol–water partition coefficient (Wildman–Crippen LogP) is -1.38. The number of carboxylic acid groups (broad SMARTS) is 1. The van der Waals surface area contributed by atoms with Gasteiger partial charge in [0.15, 0.2) is 0 Å². The highest BCUT2D eigenvalue weighted by Gasteiger charge is 2.28. The molecule has 0 aliphatic rings. The fourth-order valence-corrected chi connectivity index (χ4v) is 2.24. The van der Waals surface area contributed by atoms with Gasteiger partial charge in [0.2, 0.25) is 11.8 Å². The van der Waals surface area contributed by atoms with Crippen LogP contribution in [0, 0.1) is 0 Å². The SMILES string of the molecule is CC(O)C(NS(O)(O)NCc1nnc(CN)o1)C(=O)O. The minimum Gasteiger partial charge on any atom is -0.480 e. The number of hydrogen-bond acceptors (Lipinski definition) is 10. The molecule has 12 heteroatoms. The second-order valence-electron chi connectivity index (χ2n) is 3.84. The Kier molecular flexibility index (Phi) is 5.82. The summed E-state index contributed by atoms with van der Waals surface area (Å²) in [5.41, 5.74) is 5.26. The minimum absolute atomic E-state index is 0.0462. The number of rotatable bonds is 8. The highest BCUT2D eigenvalue weighted by atomic mass is 32.3. The van der Waals surface area contributed by atoms with Crippen LogP contribution in [-0.2, 0) is 17.9 Å². The summed E-state index contributed by atoms with van der Waals surface area (Å²) >= 11 is 0. The maximum absolute atomic E-state index is 10.8. The standard InChI is InChI=1S/C8H17N5O6S/c1-4(14)7(8(15)16)13-20(17,18)10-3-6-12-11-5(2-9)19-6/h4,7,10,13-14,17-18H,2-3,9H2,1H3,(H,15,16). The van der Waals surface area contributed by atoms with Crippen molar-refractivity contribution >= 4 is 16.9 Å². The third kappa shape index (κ3) is 5.01. The normalized spacial score (nSPS) is 15.8. The lowest BCUT2D eigenvalue weighted by atomic mass is 10.2. The number of carbonyl (C=O) groups is 1. The van der Waals surface area contributed by atoms with E-state index in [1.165, 1.54) is 6.92 Å². The van der Waals surface area contributed by atoms with E-state index in [0.29, 0.717) is 0 Å². The average molecular weight is 311 g/mol. The van der Waals surface area contributed by atoms with Gasteiger partial charge >= 0.3 is 5.97 Å². The number of nitrogens with two attached hydrogens (primary N) is 1. The first-order valence-corrected chi connectivity index (χ1v) is 7.02. The summed E-state index contributed by atoms with van der Waals surface area (Å²) < 4.78 is 28.5. The lowest BCUT2D eigenvalue weighted by Crippen LogP contribution is -2.48. The largest absolute Gasteiger partial charge is 0.480 e. The van der Waals surface area contributed by atoms with Gasteiger partial charge in [-0.05, 0) is 6.92 Å². The van der Waals surface area contributed by atoms with Crippen LogP contribution in [0.3, 0.4) is 0 Å². The molecule has 0 saturated heterocycles. The molecular weight excluding hydrogens is 294 g/mol. The van der Waals surface area contributed by atoms with Crippen molar-refractivity contribution in [3.05, 3.63) is 11.8 Å². The first kappa shape index (κ1) is 16.8. The molecule has 0 aliphatic heterocycles. The van der Waals surface area contributed by atoms with E-state index in [-0.39, 0.29) is 24.9 Å². The Hall–Kier alpha value is -1.28. The van der Waals surface area contributed by atoms with E-state index >= 15 is 0 Å². The smallest absolute Gasteiger partial charge is 0.325 e. The predicted molar refractivity (Wildman–Crippen MR) is 68.1 cm³/mol. The number of aromatic nitrogens is 2. The number of aliphatic hydroxyl groups is 1. The molecule has 0 radical (unpaired) electrons. The Morgan fingerprint density at radius 2 is 2.05 bits per heavy atom. The second-order valence-corrected chi connectivity index (χ2v) is 5.46. The van der Waals surface area contributed by atoms with Crippen molar-refractivity contribution < 1.29 is 28.5 Å². The lowest BCUT2D eigenvalue weighted by Gasteiger charge is -2.35. The van der Waals surface area contributed by atoms with Crippen LogP contribution < -0.4 is 15.2 Å². The Labute approximate surface area is 115 Å². The van der Waals surface area contributed by atoms with E-state index < -0.39 is 29.1 Å². The number of hydrogen-bond donors (Lipinski definition) is 7. The Bertz CT molecular complexity index is 452. The number of nitrogens with one attached hydrogen (secondary N) is 2. The van der Waals surface area contributed by atoms with Crippen molar-refractivity contribution in [3.63, 3.8) is 0 Å². The zero-order valence-electron chi connectivity index (χ0n) is 10.6. The molecular formula is C8H17N5O6S. The van der Waals surface area contributed by atoms with Gasteiger partial charge in [0.25, 0.3) is 0 Å². The first-order chi connectivity index (χ1) is 9.25. The van der Waals surface area contributed by atoms with Crippen molar-refractivity contribution in [3.8, 4) is 0 Å². The fraction of sp³-hybridized carbons (Fsp3) is 0.625. The van der Waals surface area contributed by atoms with Crippen LogP contribution in [0.2, 0.25) is 0 Å². The topological polar surface area (TPSA) is 187 Å². The molecule has 0 fully saturated rings. The summed E-state index contributed by atoms with van der Waals surface area (Å²) in [5.74, 6) is -1.19. The molecule has 2 unspecified atom stereocenters. The van der Waals surface area contributed by atoms with Crippen LogP contribution in [-0.4, -0.2) is 47.6 Å². The molecule has 1 aromatic rings. The molecule has 1 rings (SSSR count). The van der Waals surface area contributed by atoms with E-state index in [9.17, 15) is 19.0 Å². The molecule has 1 aromatic heterocycles. The third-order valence-corrected chi connectivity index (χ3v) is 3.28. The van der Waals surface area contributed by atoms with E-state index in [1.54, 1.807) is 0 Å². The summed E-state index contributed by atoms with van der Waals surface area (Å²) in [6.07, 6.45) is -1.33. The summed E-state index contributed by atoms with van der Waals surface area (Å²) in [7, 11) is -3.67. The molecule has 11 nitrogen and oxygen atoms in total. The Balaban J connectivity index is 2.57. The molecule has 0 aromatic carbocycles. The molecule has 1 heterocycles. The van der Waals surface area contributed by atoms with Gasteiger partial charge in [0.05, 0.1) is 19.2 Å². The van der Waals surface area contributed by atoms with Gasteiger partial charge in [0.1, 0.15) is 6.04 Å². The van der Waals surface area contributed by atoms with Crippen LogP contribution in [0.5, 0.6) is 0 Å². The molecule has 0 saturated carbocycles. The zero-order valence-corrected chi connectivity index (χ0v) is 11.4. The molecule has 0 amide bonds. The molecule has 0 bridgehead atoms. The zero-order chi connectivity index (χ0) is 15.3. The summed E-state index contributed by atoms with van der Waals surface area (Å²) in [4.78, 5) is 10.8. The summed E-state index contributed by atoms with van der Waals surface area (Å²) in [6, 6.07) is -1.55. The second kappa shape index (κ2) is 6.94. The van der Waals surface area contributed by atoms with Crippen molar-refractivity contribution in [2.45, 2.75) is 32.2 Å². The maximum Gasteiger partial charge on any atom is 0.325 e. The van der Waals surface area contributed by atoms with Crippen LogP contribution in [0.1, 0.15) is 18.7 Å². The number of nitrogens with zero attached hydrogens (tertiary/aromatic N) is 2. The molecule has 116 valence electrons. The average Bonchev–Trinajstić information content (AvgIpc) is 2.81. The van der Waals surface area contributed by atoms with Crippen molar-refractivity contribution in [2.24, 2.45) is 5.73 Å². The Morgan fingerprint density at radius 3 is 2.50 bits per heavy atom. The van der Waals surface area contributed by atoms with Crippen molar-refractivity contribution in [1.29, 1.82) is 0 Å². The van der Waals surface area contributed by atoms with Crippen LogP contribution in [0.25, 0.3) is 0 Å². The van der Waals surface area contributed by atoms with Crippen LogP contribution in [0.15, 0.2) is 4.42 Å². The molecule has 0 spiro atoms. The highest BCUT2D eigenvalue weighted by molar-refractivity contribution is 8.21. The maximum atomic E-state index is 10.8. The van der Waals surface area contributed by atoms with Crippen molar-refractivity contribution in [1.82, 2.24) is 19.6 Å². The minimum atomic E-state index is -3.67. The van der Waals surface area contributed by atoms with Gasteiger partial charge in [-0.2, -0.15) is 9.44 Å². The number of aliphatic hydroxyl groups excluding tert-OH is 1. The van der Waals surface area contributed by atoms with E-state index in [1.807, 2.05) is 4.72 Å². The van der Waals surface area contributed by atoms with Gasteiger partial charge < -0.3 is 20.4 Å². The van der Waals surface area contributed by atoms with Crippen LogP contribution >= 0.6 is 11.0 Å². The summed E-state index contributed by atoms with van der Waals surface area (Å²) in [6.45, 7) is 1.03. The quantitative estimate of drug-likeness (QED) is 0.300. The number of aliphatic carboxylic acids is 1. The van der Waals surface area contributed by atoms with Gasteiger partial charge in [-0.15, -0.1) is 10.2 Å². The monoisotopic (exact) mass is 311 g/mol. The lowest BCUT2D eigenvalue weighted by molar-refractivity contribution is -0.141.